The number of alkyl halides is 3. The topological polar surface area (TPSA) is 88.8 Å². The summed E-state index contributed by atoms with van der Waals surface area (Å²) in [5.74, 6) is -0.161. The van der Waals surface area contributed by atoms with Gasteiger partial charge in [0.1, 0.15) is 5.82 Å². The summed E-state index contributed by atoms with van der Waals surface area (Å²) in [6, 6.07) is 3.79. The second-order valence-electron chi connectivity index (χ2n) is 6.63. The number of nitrogens with one attached hydrogen (secondary N) is 1. The van der Waals surface area contributed by atoms with E-state index in [-0.39, 0.29) is 17.4 Å². The highest BCUT2D eigenvalue weighted by atomic mass is 35.5. The largest absolute Gasteiger partial charge is 0.417 e. The Bertz CT molecular complexity index is 1030. The Morgan fingerprint density at radius 2 is 1.94 bits per heavy atom. The molecule has 0 saturated carbocycles. The molecule has 8 nitrogen and oxygen atoms in total. The van der Waals surface area contributed by atoms with Gasteiger partial charge in [-0.3, -0.25) is 4.79 Å². The highest BCUT2D eigenvalue weighted by molar-refractivity contribution is 6.30. The van der Waals surface area contributed by atoms with Gasteiger partial charge in [-0.05, 0) is 24.6 Å². The molecule has 3 aromatic heterocycles. The zero-order valence-corrected chi connectivity index (χ0v) is 17.4. The number of rotatable bonds is 7. The van der Waals surface area contributed by atoms with Gasteiger partial charge in [0.25, 0.3) is 5.91 Å². The zero-order chi connectivity index (χ0) is 22.6. The standard InChI is InChI=1S/C19H19ClF3N7O/c1-3-14(11-25-16-5-4-13(20)10-24-16)29(2)18(31)15-8-12(19(21,22)23)9-26-17(15)30-27-6-7-28-30/h4-10,14H,3,11H2,1-2H3,(H,24,25). The zero-order valence-electron chi connectivity index (χ0n) is 16.6. The lowest BCUT2D eigenvalue weighted by Gasteiger charge is -2.28. The summed E-state index contributed by atoms with van der Waals surface area (Å²) in [6.45, 7) is 2.20. The summed E-state index contributed by atoms with van der Waals surface area (Å²) in [6.07, 6.45) is 0.718. The SMILES string of the molecule is CCC(CNc1ccc(Cl)cn1)N(C)C(=O)c1cc(C(F)(F)F)cnc1-n1nccn1. The molecule has 31 heavy (non-hydrogen) atoms. The number of nitrogens with zero attached hydrogens (tertiary/aromatic N) is 6. The van der Waals surface area contributed by atoms with E-state index in [0.717, 1.165) is 10.9 Å². The van der Waals surface area contributed by atoms with Crippen LogP contribution in [0.1, 0.15) is 29.3 Å². The minimum atomic E-state index is -4.65. The monoisotopic (exact) mass is 453 g/mol. The second kappa shape index (κ2) is 9.29. The number of carbonyl (C=O) groups is 1. The first-order valence-electron chi connectivity index (χ1n) is 9.27. The molecule has 164 valence electrons. The van der Waals surface area contributed by atoms with E-state index in [0.29, 0.717) is 30.0 Å². The number of pyridine rings is 2. The van der Waals surface area contributed by atoms with Crippen molar-refractivity contribution in [1.82, 2.24) is 29.9 Å². The average Bonchev–Trinajstić information content (AvgIpc) is 3.28. The minimum absolute atomic E-state index is 0.0861. The maximum atomic E-state index is 13.2. The average molecular weight is 454 g/mol. The van der Waals surface area contributed by atoms with Crippen molar-refractivity contribution in [2.24, 2.45) is 0 Å². The Labute approximate surface area is 181 Å². The van der Waals surface area contributed by atoms with Crippen LogP contribution in [0.2, 0.25) is 5.02 Å². The molecule has 0 aliphatic heterocycles. The molecule has 3 heterocycles. The number of carbonyl (C=O) groups excluding carboxylic acids is 1. The fourth-order valence-electron chi connectivity index (χ4n) is 2.87. The maximum Gasteiger partial charge on any atom is 0.417 e. The van der Waals surface area contributed by atoms with Crippen molar-refractivity contribution in [2.75, 3.05) is 18.9 Å². The van der Waals surface area contributed by atoms with Gasteiger partial charge in [0, 0.05) is 32.0 Å². The number of halogens is 4. The smallest absolute Gasteiger partial charge is 0.368 e. The van der Waals surface area contributed by atoms with Crippen LogP contribution in [0.5, 0.6) is 0 Å². The van der Waals surface area contributed by atoms with Crippen molar-refractivity contribution in [1.29, 1.82) is 0 Å². The number of aromatic nitrogens is 5. The Morgan fingerprint density at radius 3 is 2.52 bits per heavy atom. The van der Waals surface area contributed by atoms with Gasteiger partial charge in [0.2, 0.25) is 0 Å². The van der Waals surface area contributed by atoms with E-state index in [1.807, 2.05) is 6.92 Å². The molecule has 1 N–H and O–H groups in total. The summed E-state index contributed by atoms with van der Waals surface area (Å²) in [7, 11) is 1.52. The fourth-order valence-corrected chi connectivity index (χ4v) is 2.98. The Kier molecular flexibility index (Phi) is 6.74. The molecule has 1 atom stereocenters. The van der Waals surface area contributed by atoms with E-state index < -0.39 is 17.6 Å². The fraction of sp³-hybridized carbons (Fsp3) is 0.316. The molecule has 0 aliphatic carbocycles. The van der Waals surface area contributed by atoms with Crippen LogP contribution >= 0.6 is 11.6 Å². The highest BCUT2D eigenvalue weighted by Crippen LogP contribution is 2.30. The van der Waals surface area contributed by atoms with E-state index in [4.69, 9.17) is 11.6 Å². The van der Waals surface area contributed by atoms with Crippen LogP contribution in [0.3, 0.4) is 0 Å². The molecule has 1 amide bonds. The van der Waals surface area contributed by atoms with Crippen LogP contribution < -0.4 is 5.32 Å². The van der Waals surface area contributed by atoms with Gasteiger partial charge in [-0.2, -0.15) is 23.4 Å². The van der Waals surface area contributed by atoms with Gasteiger partial charge in [0.15, 0.2) is 5.82 Å². The van der Waals surface area contributed by atoms with Crippen molar-refractivity contribution in [3.8, 4) is 5.82 Å². The van der Waals surface area contributed by atoms with Gasteiger partial charge in [-0.1, -0.05) is 18.5 Å². The third kappa shape index (κ3) is 5.29. The van der Waals surface area contributed by atoms with Crippen LogP contribution in [-0.2, 0) is 6.18 Å². The minimum Gasteiger partial charge on any atom is -0.368 e. The molecular formula is C19H19ClF3N7O. The van der Waals surface area contributed by atoms with Gasteiger partial charge >= 0.3 is 6.18 Å². The van der Waals surface area contributed by atoms with E-state index in [2.05, 4.69) is 25.5 Å². The molecule has 0 aromatic carbocycles. The van der Waals surface area contributed by atoms with Crippen molar-refractivity contribution in [2.45, 2.75) is 25.6 Å². The quantitative estimate of drug-likeness (QED) is 0.587. The summed E-state index contributed by atoms with van der Waals surface area (Å²) in [4.78, 5) is 23.5. The number of likely N-dealkylation sites (N-methyl/N-ethyl adjacent to an activating group) is 1. The van der Waals surface area contributed by atoms with Crippen LogP contribution in [-0.4, -0.2) is 55.4 Å². The third-order valence-corrected chi connectivity index (χ3v) is 4.84. The molecule has 0 fully saturated rings. The van der Waals surface area contributed by atoms with Gasteiger partial charge < -0.3 is 10.2 Å². The van der Waals surface area contributed by atoms with Gasteiger partial charge in [-0.25, -0.2) is 9.97 Å². The first kappa shape index (κ1) is 22.5. The molecule has 3 rings (SSSR count). The van der Waals surface area contributed by atoms with Crippen LogP contribution in [0.15, 0.2) is 43.0 Å². The predicted molar refractivity (Wildman–Crippen MR) is 108 cm³/mol. The number of hydrogen-bond donors (Lipinski definition) is 1. The summed E-state index contributed by atoms with van der Waals surface area (Å²) >= 11 is 5.82. The predicted octanol–water partition coefficient (Wildman–Crippen LogP) is 3.69. The van der Waals surface area contributed by atoms with Gasteiger partial charge in [0.05, 0.1) is 28.5 Å². The van der Waals surface area contributed by atoms with E-state index in [9.17, 15) is 18.0 Å². The van der Waals surface area contributed by atoms with Gasteiger partial charge in [-0.15, -0.1) is 4.80 Å². The molecule has 1 unspecified atom stereocenters. The lowest BCUT2D eigenvalue weighted by atomic mass is 10.1. The van der Waals surface area contributed by atoms with Crippen molar-refractivity contribution >= 4 is 23.3 Å². The van der Waals surface area contributed by atoms with Crippen LogP contribution in [0.4, 0.5) is 19.0 Å². The molecule has 3 aromatic rings. The Balaban J connectivity index is 1.87. The van der Waals surface area contributed by atoms with E-state index in [1.165, 1.54) is 30.5 Å². The van der Waals surface area contributed by atoms with Crippen molar-refractivity contribution in [3.63, 3.8) is 0 Å². The summed E-state index contributed by atoms with van der Waals surface area (Å²) < 4.78 is 39.7. The molecule has 0 saturated heterocycles. The molecule has 0 spiro atoms. The number of hydrogen-bond acceptors (Lipinski definition) is 6. The summed E-state index contributed by atoms with van der Waals surface area (Å²) in [5, 5.41) is 11.4. The Morgan fingerprint density at radius 1 is 1.23 bits per heavy atom. The van der Waals surface area contributed by atoms with Crippen LogP contribution in [0, 0.1) is 0 Å². The second-order valence-corrected chi connectivity index (χ2v) is 7.07. The molecule has 0 radical (unpaired) electrons. The van der Waals surface area contributed by atoms with Crippen molar-refractivity contribution < 1.29 is 18.0 Å². The Hall–Kier alpha value is -3.21. The summed E-state index contributed by atoms with van der Waals surface area (Å²) in [5.41, 5.74) is -1.28. The molecule has 12 heteroatoms. The number of amides is 1. The first-order valence-corrected chi connectivity index (χ1v) is 9.65. The van der Waals surface area contributed by atoms with Crippen LogP contribution in [0.25, 0.3) is 5.82 Å². The highest BCUT2D eigenvalue weighted by Gasteiger charge is 2.34. The van der Waals surface area contributed by atoms with E-state index in [1.54, 1.807) is 12.1 Å². The molecule has 0 aliphatic rings. The first-order chi connectivity index (χ1) is 14.7. The molecule has 0 bridgehead atoms. The number of anilines is 1. The molecular weight excluding hydrogens is 435 g/mol. The maximum absolute atomic E-state index is 13.2. The lowest BCUT2D eigenvalue weighted by Crippen LogP contribution is -2.41. The van der Waals surface area contributed by atoms with Crippen molar-refractivity contribution in [3.05, 3.63) is 59.1 Å². The normalized spacial score (nSPS) is 12.5. The van der Waals surface area contributed by atoms with E-state index >= 15 is 0 Å². The lowest BCUT2D eigenvalue weighted by molar-refractivity contribution is -0.137. The third-order valence-electron chi connectivity index (χ3n) is 4.62.